The molecule has 2 aromatic rings. The summed E-state index contributed by atoms with van der Waals surface area (Å²) < 4.78 is 0. The van der Waals surface area contributed by atoms with Gasteiger partial charge in [0.05, 0.1) is 24.5 Å². The van der Waals surface area contributed by atoms with Crippen molar-refractivity contribution < 1.29 is 0 Å². The first-order valence-corrected chi connectivity index (χ1v) is 7.22. The maximum Gasteiger partial charge on any atom is 0.173 e. The predicted molar refractivity (Wildman–Crippen MR) is 80.9 cm³/mol. The average molecular weight is 296 g/mol. The monoisotopic (exact) mass is 296 g/mol. The van der Waals surface area contributed by atoms with Crippen LogP contribution in [0.4, 0.5) is 0 Å². The van der Waals surface area contributed by atoms with Gasteiger partial charge in [-0.25, -0.2) is 29.9 Å². The van der Waals surface area contributed by atoms with E-state index in [2.05, 4.69) is 39.9 Å². The van der Waals surface area contributed by atoms with Crippen LogP contribution in [0.15, 0.2) is 35.3 Å². The molecule has 1 fully saturated rings. The summed E-state index contributed by atoms with van der Waals surface area (Å²) in [7, 11) is 0. The van der Waals surface area contributed by atoms with Crippen LogP contribution in [0.2, 0.25) is 0 Å². The summed E-state index contributed by atoms with van der Waals surface area (Å²) >= 11 is 0. The summed E-state index contributed by atoms with van der Waals surface area (Å²) in [6.07, 6.45) is 13.6. The Morgan fingerprint density at radius 3 is 1.55 bits per heavy atom. The van der Waals surface area contributed by atoms with E-state index in [-0.39, 0.29) is 12.1 Å². The van der Waals surface area contributed by atoms with Crippen molar-refractivity contribution >= 4 is 12.4 Å². The molecule has 1 aliphatic rings. The SMILES string of the molecule is C(=NC1CCCCC1N=Cc1ncncn1)c1ncncn1. The first kappa shape index (κ1) is 14.3. The standard InChI is InChI=1S/C14H16N8/c1-2-4-12(18-6-14-21-9-16-10-22-14)11(3-1)17-5-13-19-7-15-8-20-13/h5-12H,1-4H2. The topological polar surface area (TPSA) is 102 Å². The molecule has 0 amide bonds. The lowest BCUT2D eigenvalue weighted by Crippen LogP contribution is -2.27. The van der Waals surface area contributed by atoms with Gasteiger partial charge in [-0.2, -0.15) is 0 Å². The molecule has 112 valence electrons. The number of rotatable bonds is 4. The van der Waals surface area contributed by atoms with E-state index >= 15 is 0 Å². The van der Waals surface area contributed by atoms with Gasteiger partial charge in [0, 0.05) is 0 Å². The zero-order chi connectivity index (χ0) is 15.0. The molecule has 22 heavy (non-hydrogen) atoms. The second kappa shape index (κ2) is 7.39. The van der Waals surface area contributed by atoms with Gasteiger partial charge in [-0.05, 0) is 12.8 Å². The minimum Gasteiger partial charge on any atom is -0.284 e. The molecule has 1 aliphatic carbocycles. The first-order valence-electron chi connectivity index (χ1n) is 7.22. The van der Waals surface area contributed by atoms with Gasteiger partial charge < -0.3 is 0 Å². The van der Waals surface area contributed by atoms with Gasteiger partial charge in [-0.15, -0.1) is 0 Å². The molecule has 2 aromatic heterocycles. The molecule has 0 N–H and O–H groups in total. The van der Waals surface area contributed by atoms with E-state index in [0.29, 0.717) is 11.6 Å². The van der Waals surface area contributed by atoms with Crippen LogP contribution >= 0.6 is 0 Å². The van der Waals surface area contributed by atoms with E-state index in [1.54, 1.807) is 12.4 Å². The Morgan fingerprint density at radius 2 is 1.14 bits per heavy atom. The smallest absolute Gasteiger partial charge is 0.173 e. The van der Waals surface area contributed by atoms with Crippen molar-refractivity contribution in [3.8, 4) is 0 Å². The largest absolute Gasteiger partial charge is 0.284 e. The summed E-state index contributed by atoms with van der Waals surface area (Å²) in [5.41, 5.74) is 0. The van der Waals surface area contributed by atoms with Crippen LogP contribution in [-0.2, 0) is 0 Å². The number of nitrogens with zero attached hydrogens (tertiary/aromatic N) is 8. The van der Waals surface area contributed by atoms with E-state index in [4.69, 9.17) is 0 Å². The van der Waals surface area contributed by atoms with Crippen molar-refractivity contribution in [1.29, 1.82) is 0 Å². The van der Waals surface area contributed by atoms with Gasteiger partial charge in [0.1, 0.15) is 25.3 Å². The van der Waals surface area contributed by atoms with Crippen LogP contribution < -0.4 is 0 Å². The lowest BCUT2D eigenvalue weighted by molar-refractivity contribution is 0.390. The Bertz CT molecular complexity index is 570. The lowest BCUT2D eigenvalue weighted by Gasteiger charge is -2.25. The maximum atomic E-state index is 4.60. The van der Waals surface area contributed by atoms with Crippen molar-refractivity contribution in [1.82, 2.24) is 29.9 Å². The normalized spacial score (nSPS) is 22.4. The summed E-state index contributed by atoms with van der Waals surface area (Å²) in [5.74, 6) is 1.14. The third kappa shape index (κ3) is 3.94. The third-order valence-electron chi connectivity index (χ3n) is 3.48. The number of aromatic nitrogens is 6. The summed E-state index contributed by atoms with van der Waals surface area (Å²) in [4.78, 5) is 33.0. The van der Waals surface area contributed by atoms with Crippen LogP contribution in [0.1, 0.15) is 37.3 Å². The molecule has 0 spiro atoms. The van der Waals surface area contributed by atoms with E-state index in [9.17, 15) is 0 Å². The molecule has 0 radical (unpaired) electrons. The average Bonchev–Trinajstić information content (AvgIpc) is 2.61. The number of hydrogen-bond donors (Lipinski definition) is 0. The molecular weight excluding hydrogens is 280 g/mol. The fourth-order valence-electron chi connectivity index (χ4n) is 2.39. The second-order valence-electron chi connectivity index (χ2n) is 4.97. The highest BCUT2D eigenvalue weighted by Gasteiger charge is 2.23. The number of hydrogen-bond acceptors (Lipinski definition) is 8. The molecule has 0 aliphatic heterocycles. The van der Waals surface area contributed by atoms with Crippen LogP contribution in [0, 0.1) is 0 Å². The van der Waals surface area contributed by atoms with Crippen molar-refractivity contribution in [2.24, 2.45) is 9.98 Å². The van der Waals surface area contributed by atoms with Crippen molar-refractivity contribution in [3.05, 3.63) is 37.0 Å². The molecular formula is C14H16N8. The fraction of sp³-hybridized carbons (Fsp3) is 0.429. The quantitative estimate of drug-likeness (QED) is 0.777. The number of aliphatic imine (C=N–C) groups is 2. The van der Waals surface area contributed by atoms with E-state index in [1.807, 2.05) is 0 Å². The van der Waals surface area contributed by atoms with Gasteiger partial charge in [-0.3, -0.25) is 9.98 Å². The highest BCUT2D eigenvalue weighted by atomic mass is 15.0. The van der Waals surface area contributed by atoms with Gasteiger partial charge in [0.2, 0.25) is 0 Å². The fourth-order valence-corrected chi connectivity index (χ4v) is 2.39. The van der Waals surface area contributed by atoms with Crippen molar-refractivity contribution in [3.63, 3.8) is 0 Å². The zero-order valence-electron chi connectivity index (χ0n) is 12.0. The minimum absolute atomic E-state index is 0.142. The van der Waals surface area contributed by atoms with Crippen molar-refractivity contribution in [2.45, 2.75) is 37.8 Å². The van der Waals surface area contributed by atoms with Crippen LogP contribution in [0.25, 0.3) is 0 Å². The second-order valence-corrected chi connectivity index (χ2v) is 4.97. The minimum atomic E-state index is 0.142. The van der Waals surface area contributed by atoms with Gasteiger partial charge in [-0.1, -0.05) is 12.8 Å². The Hall–Kier alpha value is -2.64. The molecule has 0 aromatic carbocycles. The molecule has 2 atom stereocenters. The van der Waals surface area contributed by atoms with Gasteiger partial charge in [0.15, 0.2) is 11.6 Å². The third-order valence-corrected chi connectivity index (χ3v) is 3.48. The molecule has 8 heteroatoms. The van der Waals surface area contributed by atoms with Gasteiger partial charge >= 0.3 is 0 Å². The predicted octanol–water partition coefficient (Wildman–Crippen LogP) is 0.906. The molecule has 2 heterocycles. The van der Waals surface area contributed by atoms with Crippen LogP contribution in [-0.4, -0.2) is 54.4 Å². The molecule has 0 bridgehead atoms. The summed E-state index contributed by atoms with van der Waals surface area (Å²) in [5, 5.41) is 0. The molecule has 2 unspecified atom stereocenters. The Balaban J connectivity index is 1.69. The molecule has 0 saturated heterocycles. The van der Waals surface area contributed by atoms with Crippen LogP contribution in [0.3, 0.4) is 0 Å². The van der Waals surface area contributed by atoms with E-state index in [1.165, 1.54) is 25.3 Å². The van der Waals surface area contributed by atoms with Gasteiger partial charge in [0.25, 0.3) is 0 Å². The highest BCUT2D eigenvalue weighted by molar-refractivity contribution is 5.75. The Morgan fingerprint density at radius 1 is 0.727 bits per heavy atom. The molecule has 1 saturated carbocycles. The highest BCUT2D eigenvalue weighted by Crippen LogP contribution is 2.23. The lowest BCUT2D eigenvalue weighted by atomic mass is 9.91. The van der Waals surface area contributed by atoms with Crippen LogP contribution in [0.5, 0.6) is 0 Å². The first-order chi connectivity index (χ1) is 10.9. The summed E-state index contributed by atoms with van der Waals surface area (Å²) in [6.45, 7) is 0. The van der Waals surface area contributed by atoms with Crippen molar-refractivity contribution in [2.75, 3.05) is 0 Å². The maximum absolute atomic E-state index is 4.60. The zero-order valence-corrected chi connectivity index (χ0v) is 12.0. The Labute approximate surface area is 128 Å². The van der Waals surface area contributed by atoms with E-state index < -0.39 is 0 Å². The van der Waals surface area contributed by atoms with E-state index in [0.717, 1.165) is 25.7 Å². The molecule has 3 rings (SSSR count). The summed E-state index contributed by atoms with van der Waals surface area (Å²) in [6, 6.07) is 0.284. The molecule has 8 nitrogen and oxygen atoms in total. The Kier molecular flexibility index (Phi) is 4.81.